The number of rotatable bonds is 4. The molecule has 2 rings (SSSR count). The van der Waals surface area contributed by atoms with Gasteiger partial charge in [0.05, 0.1) is 5.60 Å². The van der Waals surface area contributed by atoms with Gasteiger partial charge < -0.3 is 5.11 Å². The Morgan fingerprint density at radius 3 is 2.42 bits per heavy atom. The van der Waals surface area contributed by atoms with E-state index in [0.29, 0.717) is 17.3 Å². The maximum absolute atomic E-state index is 13.1. The molecule has 1 atom stereocenters. The summed E-state index contributed by atoms with van der Waals surface area (Å²) in [6, 6.07) is 14.1. The van der Waals surface area contributed by atoms with Crippen LogP contribution in [-0.2, 0) is 12.0 Å². The Bertz CT molecular complexity index is 556. The van der Waals surface area contributed by atoms with Crippen molar-refractivity contribution in [2.75, 3.05) is 0 Å². The van der Waals surface area contributed by atoms with E-state index in [4.69, 9.17) is 0 Å². The van der Waals surface area contributed by atoms with Gasteiger partial charge in [0, 0.05) is 10.9 Å². The molecule has 2 aromatic rings. The molecule has 0 aliphatic rings. The average molecular weight is 323 g/mol. The van der Waals surface area contributed by atoms with Gasteiger partial charge in [0.15, 0.2) is 0 Å². The van der Waals surface area contributed by atoms with E-state index in [9.17, 15) is 9.50 Å². The molecule has 1 nitrogen and oxygen atoms in total. The second kappa shape index (κ2) is 5.85. The summed E-state index contributed by atoms with van der Waals surface area (Å²) in [5.74, 6) is -0.282. The number of halogens is 2. The first-order valence-corrected chi connectivity index (χ1v) is 7.06. The zero-order valence-electron chi connectivity index (χ0n) is 10.7. The molecule has 0 amide bonds. The minimum absolute atomic E-state index is 0.282. The van der Waals surface area contributed by atoms with E-state index in [1.165, 1.54) is 12.1 Å². The van der Waals surface area contributed by atoms with Crippen LogP contribution in [0.15, 0.2) is 53.0 Å². The topological polar surface area (TPSA) is 20.2 Å². The Morgan fingerprint density at radius 1 is 1.16 bits per heavy atom. The fourth-order valence-electron chi connectivity index (χ4n) is 2.16. The molecule has 0 heterocycles. The molecule has 19 heavy (non-hydrogen) atoms. The van der Waals surface area contributed by atoms with Crippen LogP contribution >= 0.6 is 15.9 Å². The summed E-state index contributed by atoms with van der Waals surface area (Å²) in [4.78, 5) is 0. The normalized spacial score (nSPS) is 14.1. The van der Waals surface area contributed by atoms with Crippen LogP contribution in [0.1, 0.15) is 24.5 Å². The van der Waals surface area contributed by atoms with Gasteiger partial charge in [0.1, 0.15) is 5.82 Å². The predicted octanol–water partition coefficient (Wildman–Crippen LogP) is 4.43. The van der Waals surface area contributed by atoms with Crippen LogP contribution in [0.25, 0.3) is 0 Å². The highest BCUT2D eigenvalue weighted by Gasteiger charge is 2.28. The van der Waals surface area contributed by atoms with Crippen molar-refractivity contribution in [2.45, 2.75) is 25.4 Å². The molecule has 0 spiro atoms. The van der Waals surface area contributed by atoms with E-state index in [1.54, 1.807) is 6.07 Å². The van der Waals surface area contributed by atoms with Crippen molar-refractivity contribution in [2.24, 2.45) is 0 Å². The van der Waals surface area contributed by atoms with Gasteiger partial charge in [-0.15, -0.1) is 0 Å². The molecule has 3 heteroatoms. The fraction of sp³-hybridized carbons (Fsp3) is 0.250. The van der Waals surface area contributed by atoms with Crippen molar-refractivity contribution < 1.29 is 9.50 Å². The Labute approximate surface area is 121 Å². The third-order valence-corrected chi connectivity index (χ3v) is 4.13. The molecule has 1 unspecified atom stereocenters. The monoisotopic (exact) mass is 322 g/mol. The fourth-order valence-corrected chi connectivity index (χ4v) is 2.65. The molecule has 0 aliphatic carbocycles. The smallest absolute Gasteiger partial charge is 0.124 e. The number of hydrogen-bond acceptors (Lipinski definition) is 1. The highest BCUT2D eigenvalue weighted by atomic mass is 79.9. The number of aliphatic hydroxyl groups is 1. The number of benzene rings is 2. The molecule has 0 bridgehead atoms. The predicted molar refractivity (Wildman–Crippen MR) is 78.4 cm³/mol. The van der Waals surface area contributed by atoms with Crippen molar-refractivity contribution in [3.05, 3.63) is 69.9 Å². The minimum atomic E-state index is -0.929. The zero-order chi connectivity index (χ0) is 13.9. The Kier molecular flexibility index (Phi) is 4.38. The third kappa shape index (κ3) is 3.23. The van der Waals surface area contributed by atoms with Crippen LogP contribution in [0.3, 0.4) is 0 Å². The van der Waals surface area contributed by atoms with Crippen LogP contribution in [0.5, 0.6) is 0 Å². The zero-order valence-corrected chi connectivity index (χ0v) is 12.3. The van der Waals surface area contributed by atoms with Crippen molar-refractivity contribution in [3.8, 4) is 0 Å². The first-order valence-electron chi connectivity index (χ1n) is 6.27. The van der Waals surface area contributed by atoms with Crippen molar-refractivity contribution >= 4 is 15.9 Å². The van der Waals surface area contributed by atoms with E-state index in [1.807, 2.05) is 37.3 Å². The van der Waals surface area contributed by atoms with Crippen LogP contribution < -0.4 is 0 Å². The molecular formula is C16H16BrFO. The van der Waals surface area contributed by atoms with Gasteiger partial charge in [-0.25, -0.2) is 4.39 Å². The van der Waals surface area contributed by atoms with Crippen molar-refractivity contribution in [1.82, 2.24) is 0 Å². The lowest BCUT2D eigenvalue weighted by atomic mass is 9.85. The molecule has 0 saturated carbocycles. The van der Waals surface area contributed by atoms with Crippen molar-refractivity contribution in [1.29, 1.82) is 0 Å². The van der Waals surface area contributed by atoms with E-state index in [-0.39, 0.29) is 5.82 Å². The lowest BCUT2D eigenvalue weighted by Gasteiger charge is -2.28. The van der Waals surface area contributed by atoms with E-state index in [2.05, 4.69) is 15.9 Å². The third-order valence-electron chi connectivity index (χ3n) is 3.39. The van der Waals surface area contributed by atoms with E-state index < -0.39 is 5.60 Å². The largest absolute Gasteiger partial charge is 0.385 e. The summed E-state index contributed by atoms with van der Waals surface area (Å²) in [5, 5.41) is 10.8. The maximum atomic E-state index is 13.1. The molecular weight excluding hydrogens is 307 g/mol. The highest BCUT2D eigenvalue weighted by Crippen LogP contribution is 2.31. The molecule has 0 saturated heterocycles. The molecule has 2 aromatic carbocycles. The summed E-state index contributed by atoms with van der Waals surface area (Å²) < 4.78 is 13.8. The number of hydrogen-bond donors (Lipinski definition) is 1. The van der Waals surface area contributed by atoms with Gasteiger partial charge in [-0.1, -0.05) is 59.3 Å². The van der Waals surface area contributed by atoms with Crippen LogP contribution in [-0.4, -0.2) is 5.11 Å². The molecule has 0 radical (unpaired) electrons. The summed E-state index contributed by atoms with van der Waals surface area (Å²) in [7, 11) is 0. The second-order valence-corrected chi connectivity index (χ2v) is 5.52. The summed E-state index contributed by atoms with van der Waals surface area (Å²) in [6.07, 6.45) is 1.05. The van der Waals surface area contributed by atoms with Crippen LogP contribution in [0.4, 0.5) is 4.39 Å². The van der Waals surface area contributed by atoms with Gasteiger partial charge in [-0.05, 0) is 29.7 Å². The van der Waals surface area contributed by atoms with Crippen LogP contribution in [0.2, 0.25) is 0 Å². The molecule has 100 valence electrons. The standard InChI is InChI=1S/C16H16BrFO/c1-2-16(19,13-6-4-3-5-7-13)11-12-8-9-14(18)10-15(12)17/h3-10,19H,2,11H2,1H3. The SMILES string of the molecule is CCC(O)(Cc1ccc(F)cc1Br)c1ccccc1. The van der Waals surface area contributed by atoms with Crippen molar-refractivity contribution in [3.63, 3.8) is 0 Å². The van der Waals surface area contributed by atoms with Gasteiger partial charge in [-0.2, -0.15) is 0 Å². The molecule has 1 N–H and O–H groups in total. The summed E-state index contributed by atoms with van der Waals surface area (Å²) in [6.45, 7) is 1.95. The second-order valence-electron chi connectivity index (χ2n) is 4.66. The Hall–Kier alpha value is -1.19. The lowest BCUT2D eigenvalue weighted by molar-refractivity contribution is 0.0325. The Morgan fingerprint density at radius 2 is 1.84 bits per heavy atom. The van der Waals surface area contributed by atoms with Gasteiger partial charge in [0.25, 0.3) is 0 Å². The van der Waals surface area contributed by atoms with Gasteiger partial charge >= 0.3 is 0 Å². The Balaban J connectivity index is 2.33. The maximum Gasteiger partial charge on any atom is 0.124 e. The summed E-state index contributed by atoms with van der Waals surface area (Å²) >= 11 is 3.35. The van der Waals surface area contributed by atoms with E-state index in [0.717, 1.165) is 11.1 Å². The first kappa shape index (κ1) is 14.2. The van der Waals surface area contributed by atoms with Gasteiger partial charge in [0.2, 0.25) is 0 Å². The highest BCUT2D eigenvalue weighted by molar-refractivity contribution is 9.10. The molecule has 0 fully saturated rings. The van der Waals surface area contributed by atoms with E-state index >= 15 is 0 Å². The minimum Gasteiger partial charge on any atom is -0.385 e. The van der Waals surface area contributed by atoms with Gasteiger partial charge in [-0.3, -0.25) is 0 Å². The molecule has 0 aromatic heterocycles. The average Bonchev–Trinajstić information content (AvgIpc) is 2.43. The van der Waals surface area contributed by atoms with Crippen LogP contribution in [0, 0.1) is 5.82 Å². The lowest BCUT2D eigenvalue weighted by Crippen LogP contribution is -2.27. The molecule has 0 aliphatic heterocycles. The first-order chi connectivity index (χ1) is 9.05. The quantitative estimate of drug-likeness (QED) is 0.882. The summed E-state index contributed by atoms with van der Waals surface area (Å²) in [5.41, 5.74) is 0.852.